The highest BCUT2D eigenvalue weighted by molar-refractivity contribution is 5.98. The maximum atomic E-state index is 12.4. The van der Waals surface area contributed by atoms with Gasteiger partial charge < -0.3 is 4.74 Å². The molecule has 1 heterocycles. The summed E-state index contributed by atoms with van der Waals surface area (Å²) in [5.41, 5.74) is 8.36. The molecule has 0 radical (unpaired) electrons. The molecule has 3 N–H and O–H groups in total. The predicted octanol–water partition coefficient (Wildman–Crippen LogP) is 0.493. The Morgan fingerprint density at radius 3 is 2.38 bits per heavy atom. The summed E-state index contributed by atoms with van der Waals surface area (Å²) in [6, 6.07) is 15.1. The topological polar surface area (TPSA) is 134 Å². The summed E-state index contributed by atoms with van der Waals surface area (Å²) in [7, 11) is 0. The van der Waals surface area contributed by atoms with Crippen LogP contribution >= 0.6 is 0 Å². The van der Waals surface area contributed by atoms with Crippen LogP contribution in [-0.4, -0.2) is 47.8 Å². The Balaban J connectivity index is 1.43. The standard InChI is InChI=1S/C22H22N4O6/c1-14-7-5-6-10-17(14)21(30)25-26-12-16(11-19(26)28)22(31)32-13-18(27)23-24-20(29)15-8-3-2-4-9-15/h2-10,16H,11-13H2,1H3,(H,23,27)(H,24,29)(H,25,30)/t16-/m1/s1. The summed E-state index contributed by atoms with van der Waals surface area (Å²) in [6.45, 7) is 1.07. The van der Waals surface area contributed by atoms with Crippen molar-refractivity contribution in [3.05, 3.63) is 71.3 Å². The number of amides is 4. The molecule has 0 aromatic heterocycles. The van der Waals surface area contributed by atoms with Gasteiger partial charge >= 0.3 is 5.97 Å². The molecule has 10 heteroatoms. The minimum absolute atomic E-state index is 0.0678. The number of ether oxygens (including phenoxy) is 1. The van der Waals surface area contributed by atoms with Gasteiger partial charge in [-0.2, -0.15) is 0 Å². The lowest BCUT2D eigenvalue weighted by molar-refractivity contribution is -0.152. The minimum atomic E-state index is -0.827. The number of nitrogens with zero attached hydrogens (tertiary/aromatic N) is 1. The molecule has 2 aromatic carbocycles. The molecule has 0 spiro atoms. The van der Waals surface area contributed by atoms with Crippen LogP contribution in [0.15, 0.2) is 54.6 Å². The molecular formula is C22H22N4O6. The van der Waals surface area contributed by atoms with E-state index < -0.39 is 42.1 Å². The van der Waals surface area contributed by atoms with E-state index in [1.54, 1.807) is 61.5 Å². The van der Waals surface area contributed by atoms with Gasteiger partial charge in [0.25, 0.3) is 17.7 Å². The number of benzene rings is 2. The van der Waals surface area contributed by atoms with Crippen molar-refractivity contribution in [1.29, 1.82) is 0 Å². The summed E-state index contributed by atoms with van der Waals surface area (Å²) in [6.07, 6.45) is -0.154. The van der Waals surface area contributed by atoms with Gasteiger partial charge in [-0.1, -0.05) is 36.4 Å². The molecule has 10 nitrogen and oxygen atoms in total. The van der Waals surface area contributed by atoms with Gasteiger partial charge in [-0.3, -0.25) is 45.3 Å². The van der Waals surface area contributed by atoms with Crippen LogP contribution in [0.1, 0.15) is 32.7 Å². The zero-order chi connectivity index (χ0) is 23.1. The van der Waals surface area contributed by atoms with Crippen molar-refractivity contribution in [2.24, 2.45) is 5.92 Å². The van der Waals surface area contributed by atoms with Crippen LogP contribution < -0.4 is 16.3 Å². The molecule has 0 aliphatic carbocycles. The van der Waals surface area contributed by atoms with Crippen LogP contribution in [0.4, 0.5) is 0 Å². The molecule has 1 atom stereocenters. The Labute approximate surface area is 183 Å². The van der Waals surface area contributed by atoms with Crippen molar-refractivity contribution in [3.63, 3.8) is 0 Å². The fourth-order valence-corrected chi connectivity index (χ4v) is 3.06. The third kappa shape index (κ3) is 5.69. The first-order valence-electron chi connectivity index (χ1n) is 9.83. The van der Waals surface area contributed by atoms with E-state index in [2.05, 4.69) is 16.3 Å². The summed E-state index contributed by atoms with van der Waals surface area (Å²) >= 11 is 0. The lowest BCUT2D eigenvalue weighted by Gasteiger charge is -2.18. The summed E-state index contributed by atoms with van der Waals surface area (Å²) in [5, 5.41) is 1.07. The first-order valence-corrected chi connectivity index (χ1v) is 9.83. The molecule has 0 bridgehead atoms. The molecule has 32 heavy (non-hydrogen) atoms. The van der Waals surface area contributed by atoms with E-state index in [0.29, 0.717) is 11.1 Å². The molecule has 2 aromatic rings. The molecule has 166 valence electrons. The van der Waals surface area contributed by atoms with Crippen LogP contribution in [0.25, 0.3) is 0 Å². The zero-order valence-electron chi connectivity index (χ0n) is 17.3. The predicted molar refractivity (Wildman–Crippen MR) is 111 cm³/mol. The molecule has 0 saturated carbocycles. The Morgan fingerprint density at radius 1 is 0.969 bits per heavy atom. The van der Waals surface area contributed by atoms with E-state index in [4.69, 9.17) is 4.74 Å². The average molecular weight is 438 g/mol. The number of aryl methyl sites for hydroxylation is 1. The van der Waals surface area contributed by atoms with Crippen molar-refractivity contribution in [1.82, 2.24) is 21.3 Å². The number of carbonyl (C=O) groups excluding carboxylic acids is 5. The lowest BCUT2D eigenvalue weighted by Crippen LogP contribution is -2.44. The fraction of sp³-hybridized carbons (Fsp3) is 0.227. The summed E-state index contributed by atoms with van der Waals surface area (Å²) in [5.74, 6) is -3.74. The monoisotopic (exact) mass is 438 g/mol. The number of esters is 1. The quantitative estimate of drug-likeness (QED) is 0.444. The van der Waals surface area contributed by atoms with Crippen LogP contribution in [0.2, 0.25) is 0 Å². The van der Waals surface area contributed by atoms with Crippen LogP contribution in [0.3, 0.4) is 0 Å². The smallest absolute Gasteiger partial charge is 0.311 e. The SMILES string of the molecule is Cc1ccccc1C(=O)NN1C[C@H](C(=O)OCC(=O)NNC(=O)c2ccccc2)CC1=O. The highest BCUT2D eigenvalue weighted by Crippen LogP contribution is 2.18. The molecule has 1 aliphatic heterocycles. The second-order valence-corrected chi connectivity index (χ2v) is 7.14. The fourth-order valence-electron chi connectivity index (χ4n) is 3.06. The van der Waals surface area contributed by atoms with E-state index in [1.165, 1.54) is 0 Å². The Kier molecular flexibility index (Phi) is 7.17. The molecule has 4 amide bonds. The normalized spacial score (nSPS) is 15.1. The Morgan fingerprint density at radius 2 is 1.66 bits per heavy atom. The Hall–Kier alpha value is -4.21. The van der Waals surface area contributed by atoms with E-state index >= 15 is 0 Å². The van der Waals surface area contributed by atoms with Gasteiger partial charge in [-0.15, -0.1) is 0 Å². The number of hydrogen-bond acceptors (Lipinski definition) is 6. The van der Waals surface area contributed by atoms with E-state index in [0.717, 1.165) is 10.6 Å². The molecule has 3 rings (SSSR count). The number of rotatable bonds is 6. The van der Waals surface area contributed by atoms with Crippen molar-refractivity contribution in [3.8, 4) is 0 Å². The summed E-state index contributed by atoms with van der Waals surface area (Å²) in [4.78, 5) is 60.5. The van der Waals surface area contributed by atoms with E-state index in [1.807, 2.05) is 0 Å². The third-order valence-electron chi connectivity index (χ3n) is 4.78. The van der Waals surface area contributed by atoms with Crippen LogP contribution in [0.5, 0.6) is 0 Å². The minimum Gasteiger partial charge on any atom is -0.455 e. The van der Waals surface area contributed by atoms with Gasteiger partial charge in [0.2, 0.25) is 5.91 Å². The third-order valence-corrected chi connectivity index (χ3v) is 4.78. The average Bonchev–Trinajstić information content (AvgIpc) is 3.16. The number of hydrogen-bond donors (Lipinski definition) is 3. The highest BCUT2D eigenvalue weighted by Gasteiger charge is 2.36. The zero-order valence-corrected chi connectivity index (χ0v) is 17.3. The van der Waals surface area contributed by atoms with Gasteiger partial charge in [-0.25, -0.2) is 0 Å². The van der Waals surface area contributed by atoms with Gasteiger partial charge in [0.15, 0.2) is 6.61 Å². The largest absolute Gasteiger partial charge is 0.455 e. The van der Waals surface area contributed by atoms with E-state index in [-0.39, 0.29) is 13.0 Å². The van der Waals surface area contributed by atoms with Crippen LogP contribution in [-0.2, 0) is 19.1 Å². The maximum Gasteiger partial charge on any atom is 0.311 e. The first kappa shape index (κ1) is 22.5. The Bertz CT molecular complexity index is 1040. The van der Waals surface area contributed by atoms with Gasteiger partial charge in [0.05, 0.1) is 12.5 Å². The van der Waals surface area contributed by atoms with Crippen molar-refractivity contribution in [2.75, 3.05) is 13.2 Å². The maximum absolute atomic E-state index is 12.4. The summed E-state index contributed by atoms with van der Waals surface area (Å²) < 4.78 is 4.94. The molecule has 1 aliphatic rings. The number of carbonyl (C=O) groups is 5. The van der Waals surface area contributed by atoms with Crippen LogP contribution in [0, 0.1) is 12.8 Å². The van der Waals surface area contributed by atoms with Crippen molar-refractivity contribution in [2.45, 2.75) is 13.3 Å². The highest BCUT2D eigenvalue weighted by atomic mass is 16.5. The van der Waals surface area contributed by atoms with Crippen molar-refractivity contribution >= 4 is 29.6 Å². The second kappa shape index (κ2) is 10.2. The second-order valence-electron chi connectivity index (χ2n) is 7.14. The first-order chi connectivity index (χ1) is 15.3. The van der Waals surface area contributed by atoms with Gasteiger partial charge in [0, 0.05) is 17.5 Å². The molecule has 0 unspecified atom stereocenters. The molecule has 1 saturated heterocycles. The van der Waals surface area contributed by atoms with E-state index in [9.17, 15) is 24.0 Å². The molecular weight excluding hydrogens is 416 g/mol. The van der Waals surface area contributed by atoms with Gasteiger partial charge in [0.1, 0.15) is 0 Å². The lowest BCUT2D eigenvalue weighted by atomic mass is 10.1. The number of hydrazine groups is 2. The number of nitrogens with one attached hydrogen (secondary N) is 3. The molecule has 1 fully saturated rings. The van der Waals surface area contributed by atoms with Crippen molar-refractivity contribution < 1.29 is 28.7 Å². The van der Waals surface area contributed by atoms with Gasteiger partial charge in [-0.05, 0) is 30.7 Å².